The van der Waals surface area contributed by atoms with Gasteiger partial charge in [0.25, 0.3) is 0 Å². The number of ketones is 1. The quantitative estimate of drug-likeness (QED) is 0.564. The number of benzene rings is 1. The van der Waals surface area contributed by atoms with Gasteiger partial charge in [-0.05, 0) is 23.1 Å². The molecular formula is C17H14FNO3S. The van der Waals surface area contributed by atoms with Gasteiger partial charge in [-0.25, -0.2) is 4.39 Å². The largest absolute Gasteiger partial charge is 0.469 e. The Hall–Kier alpha value is -2.47. The van der Waals surface area contributed by atoms with Gasteiger partial charge >= 0.3 is 5.97 Å². The average Bonchev–Trinajstić information content (AvgIpc) is 3.19. The highest BCUT2D eigenvalue weighted by atomic mass is 32.1. The molecule has 0 saturated carbocycles. The van der Waals surface area contributed by atoms with Crippen molar-refractivity contribution in [3.05, 3.63) is 46.5 Å². The average molecular weight is 331 g/mol. The van der Waals surface area contributed by atoms with Crippen molar-refractivity contribution < 1.29 is 18.7 Å². The van der Waals surface area contributed by atoms with Crippen molar-refractivity contribution >= 4 is 34.0 Å². The molecule has 3 aromatic rings. The molecule has 0 atom stereocenters. The summed E-state index contributed by atoms with van der Waals surface area (Å²) in [5, 5.41) is 2.63. The maximum atomic E-state index is 13.7. The zero-order valence-electron chi connectivity index (χ0n) is 12.4. The molecular weight excluding hydrogens is 317 g/mol. The van der Waals surface area contributed by atoms with Crippen LogP contribution in [0.4, 0.5) is 4.39 Å². The van der Waals surface area contributed by atoms with E-state index in [-0.39, 0.29) is 24.4 Å². The predicted molar refractivity (Wildman–Crippen MR) is 87.2 cm³/mol. The molecule has 2 heterocycles. The molecule has 4 nitrogen and oxygen atoms in total. The van der Waals surface area contributed by atoms with Crippen LogP contribution in [0.2, 0.25) is 0 Å². The molecule has 0 saturated heterocycles. The minimum atomic E-state index is -0.401. The zero-order valence-corrected chi connectivity index (χ0v) is 13.2. The molecule has 0 radical (unpaired) electrons. The summed E-state index contributed by atoms with van der Waals surface area (Å²) in [6, 6.07) is 6.67. The second-order valence-electron chi connectivity index (χ2n) is 5.06. The second-order valence-corrected chi connectivity index (χ2v) is 5.97. The van der Waals surface area contributed by atoms with E-state index in [0.29, 0.717) is 10.4 Å². The highest BCUT2D eigenvalue weighted by molar-refractivity contribution is 7.12. The first-order valence-corrected chi connectivity index (χ1v) is 7.92. The third kappa shape index (κ3) is 3.03. The molecule has 0 aliphatic carbocycles. The van der Waals surface area contributed by atoms with Crippen LogP contribution in [0, 0.1) is 5.82 Å². The summed E-state index contributed by atoms with van der Waals surface area (Å²) in [5.41, 5.74) is 2.16. The van der Waals surface area contributed by atoms with Crippen molar-refractivity contribution in [2.75, 3.05) is 7.11 Å². The van der Waals surface area contributed by atoms with Crippen LogP contribution >= 0.6 is 11.3 Å². The van der Waals surface area contributed by atoms with Crippen LogP contribution in [-0.4, -0.2) is 23.8 Å². The Bertz CT molecular complexity index is 881. The van der Waals surface area contributed by atoms with Gasteiger partial charge < -0.3 is 9.72 Å². The number of rotatable bonds is 5. The van der Waals surface area contributed by atoms with Crippen LogP contribution < -0.4 is 0 Å². The number of ether oxygens (including phenoxy) is 1. The number of Topliss-reactive ketones (excluding diaryl/α,β-unsaturated/α-hetero) is 1. The van der Waals surface area contributed by atoms with Crippen LogP contribution in [0.5, 0.6) is 0 Å². The van der Waals surface area contributed by atoms with Gasteiger partial charge in [0.05, 0.1) is 23.9 Å². The molecule has 0 spiro atoms. The van der Waals surface area contributed by atoms with E-state index in [0.717, 1.165) is 16.5 Å². The number of H-pyrrole nitrogens is 1. The van der Waals surface area contributed by atoms with Crippen molar-refractivity contribution in [1.82, 2.24) is 4.98 Å². The Labute approximate surface area is 135 Å². The van der Waals surface area contributed by atoms with E-state index in [9.17, 15) is 14.0 Å². The van der Waals surface area contributed by atoms with Gasteiger partial charge in [-0.15, -0.1) is 11.3 Å². The van der Waals surface area contributed by atoms with Crippen molar-refractivity contribution in [3.8, 4) is 11.1 Å². The Morgan fingerprint density at radius 3 is 2.91 bits per heavy atom. The maximum absolute atomic E-state index is 13.7. The molecule has 0 unspecified atom stereocenters. The molecule has 23 heavy (non-hydrogen) atoms. The Morgan fingerprint density at radius 2 is 2.13 bits per heavy atom. The number of hydrogen-bond acceptors (Lipinski definition) is 4. The number of para-hydroxylation sites is 1. The lowest BCUT2D eigenvalue weighted by Crippen LogP contribution is -2.04. The highest BCUT2D eigenvalue weighted by Gasteiger charge is 2.15. The molecule has 0 aliphatic rings. The molecule has 0 aliphatic heterocycles. The van der Waals surface area contributed by atoms with Gasteiger partial charge in [-0.3, -0.25) is 9.59 Å². The highest BCUT2D eigenvalue weighted by Crippen LogP contribution is 2.33. The molecule has 1 aromatic carbocycles. The summed E-state index contributed by atoms with van der Waals surface area (Å²) in [6.45, 7) is 0. The molecule has 2 aromatic heterocycles. The van der Waals surface area contributed by atoms with E-state index >= 15 is 0 Å². The lowest BCUT2D eigenvalue weighted by molar-refractivity contribution is -0.140. The Kier molecular flexibility index (Phi) is 4.25. The van der Waals surface area contributed by atoms with E-state index in [1.807, 2.05) is 11.4 Å². The maximum Gasteiger partial charge on any atom is 0.305 e. The number of halogens is 1. The monoisotopic (exact) mass is 331 g/mol. The van der Waals surface area contributed by atoms with Crippen molar-refractivity contribution in [2.45, 2.75) is 12.8 Å². The smallest absolute Gasteiger partial charge is 0.305 e. The normalized spacial score (nSPS) is 10.9. The topological polar surface area (TPSA) is 59.2 Å². The van der Waals surface area contributed by atoms with Crippen LogP contribution in [0.1, 0.15) is 22.5 Å². The summed E-state index contributed by atoms with van der Waals surface area (Å²) in [7, 11) is 1.30. The number of esters is 1. The molecule has 0 bridgehead atoms. The summed E-state index contributed by atoms with van der Waals surface area (Å²) in [4.78, 5) is 26.7. The van der Waals surface area contributed by atoms with Crippen LogP contribution in [0.15, 0.2) is 35.8 Å². The standard InChI is InChI=1S/C17H14FNO3S/c1-22-16(21)6-5-14(20)15-7-10(9-23-15)12-8-19-17-11(12)3-2-4-13(17)18/h2-4,7-9,19H,5-6H2,1H3. The number of carbonyl (C=O) groups excluding carboxylic acids is 2. The zero-order chi connectivity index (χ0) is 16.4. The molecule has 6 heteroatoms. The first-order valence-electron chi connectivity index (χ1n) is 7.04. The van der Waals surface area contributed by atoms with Gasteiger partial charge in [0.15, 0.2) is 5.78 Å². The number of methoxy groups -OCH3 is 1. The number of thiophene rings is 1. The molecule has 0 fully saturated rings. The van der Waals surface area contributed by atoms with Crippen LogP contribution in [-0.2, 0) is 9.53 Å². The summed E-state index contributed by atoms with van der Waals surface area (Å²) in [5.74, 6) is -0.807. The van der Waals surface area contributed by atoms with E-state index in [4.69, 9.17) is 0 Å². The number of nitrogens with one attached hydrogen (secondary N) is 1. The second kappa shape index (κ2) is 6.34. The molecule has 3 rings (SSSR count). The Morgan fingerprint density at radius 1 is 1.30 bits per heavy atom. The van der Waals surface area contributed by atoms with E-state index < -0.39 is 5.97 Å². The minimum Gasteiger partial charge on any atom is -0.469 e. The number of hydrogen-bond donors (Lipinski definition) is 1. The number of aromatic amines is 1. The fourth-order valence-corrected chi connectivity index (χ4v) is 3.30. The minimum absolute atomic E-state index is 0.0703. The number of aromatic nitrogens is 1. The number of fused-ring (bicyclic) bond motifs is 1. The third-order valence-corrected chi connectivity index (χ3v) is 4.61. The van der Waals surface area contributed by atoms with Crippen molar-refractivity contribution in [1.29, 1.82) is 0 Å². The van der Waals surface area contributed by atoms with Gasteiger partial charge in [0.1, 0.15) is 5.82 Å². The molecule has 1 N–H and O–H groups in total. The van der Waals surface area contributed by atoms with E-state index in [1.54, 1.807) is 18.3 Å². The predicted octanol–water partition coefficient (Wildman–Crippen LogP) is 4.17. The van der Waals surface area contributed by atoms with Gasteiger partial charge in [-0.2, -0.15) is 0 Å². The molecule has 118 valence electrons. The SMILES string of the molecule is COC(=O)CCC(=O)c1cc(-c2c[nH]c3c(F)cccc23)cs1. The van der Waals surface area contributed by atoms with Crippen molar-refractivity contribution in [2.24, 2.45) is 0 Å². The fourth-order valence-electron chi connectivity index (χ4n) is 2.42. The van der Waals surface area contributed by atoms with E-state index in [1.165, 1.54) is 24.5 Å². The summed E-state index contributed by atoms with van der Waals surface area (Å²) >= 11 is 1.32. The number of carbonyl (C=O) groups is 2. The van der Waals surface area contributed by atoms with Gasteiger partial charge in [-0.1, -0.05) is 12.1 Å². The van der Waals surface area contributed by atoms with Crippen LogP contribution in [0.25, 0.3) is 22.0 Å². The van der Waals surface area contributed by atoms with Crippen LogP contribution in [0.3, 0.4) is 0 Å². The van der Waals surface area contributed by atoms with E-state index in [2.05, 4.69) is 9.72 Å². The van der Waals surface area contributed by atoms with Crippen molar-refractivity contribution in [3.63, 3.8) is 0 Å². The summed E-state index contributed by atoms with van der Waals surface area (Å²) in [6.07, 6.45) is 1.93. The third-order valence-electron chi connectivity index (χ3n) is 3.63. The first-order chi connectivity index (χ1) is 11.1. The lowest BCUT2D eigenvalue weighted by atomic mass is 10.1. The lowest BCUT2D eigenvalue weighted by Gasteiger charge is -1.98. The molecule has 0 amide bonds. The first kappa shape index (κ1) is 15.4. The van der Waals surface area contributed by atoms with Gasteiger partial charge in [0.2, 0.25) is 0 Å². The fraction of sp³-hybridized carbons (Fsp3) is 0.176. The summed E-state index contributed by atoms with van der Waals surface area (Å²) < 4.78 is 18.3. The Balaban J connectivity index is 1.85. The van der Waals surface area contributed by atoms with Gasteiger partial charge in [0, 0.05) is 23.6 Å².